The minimum absolute atomic E-state index is 0.129. The highest BCUT2D eigenvalue weighted by Gasteiger charge is 2.13. The third kappa shape index (κ3) is 3.88. The van der Waals surface area contributed by atoms with Crippen molar-refractivity contribution in [1.82, 2.24) is 0 Å². The van der Waals surface area contributed by atoms with E-state index in [4.69, 9.17) is 15.2 Å². The lowest BCUT2D eigenvalue weighted by molar-refractivity contribution is 0.230. The normalized spacial score (nSPS) is 10.8. The molecule has 0 spiro atoms. The van der Waals surface area contributed by atoms with Crippen LogP contribution in [-0.4, -0.2) is 6.10 Å². The minimum Gasteiger partial charge on any atom is -0.488 e. The molecule has 0 bridgehead atoms. The summed E-state index contributed by atoms with van der Waals surface area (Å²) in [6, 6.07) is 8.31. The molecule has 2 aromatic carbocycles. The number of hydrogen-bond donors (Lipinski definition) is 1. The van der Waals surface area contributed by atoms with Crippen molar-refractivity contribution in [2.24, 2.45) is 0 Å². The van der Waals surface area contributed by atoms with E-state index in [1.807, 2.05) is 39.0 Å². The van der Waals surface area contributed by atoms with Crippen molar-refractivity contribution >= 4 is 21.6 Å². The third-order valence-corrected chi connectivity index (χ3v) is 3.28. The third-order valence-electron chi connectivity index (χ3n) is 2.78. The van der Waals surface area contributed by atoms with Gasteiger partial charge in [-0.05, 0) is 44.5 Å². The van der Waals surface area contributed by atoms with Crippen LogP contribution in [0.25, 0.3) is 0 Å². The van der Waals surface area contributed by atoms with Crippen LogP contribution in [0.1, 0.15) is 19.4 Å². The minimum atomic E-state index is -0.499. The highest BCUT2D eigenvalue weighted by Crippen LogP contribution is 2.35. The van der Waals surface area contributed by atoms with E-state index >= 15 is 0 Å². The fourth-order valence-electron chi connectivity index (χ4n) is 1.83. The van der Waals surface area contributed by atoms with Crippen LogP contribution < -0.4 is 15.2 Å². The highest BCUT2D eigenvalue weighted by molar-refractivity contribution is 9.10. The summed E-state index contributed by atoms with van der Waals surface area (Å²) in [5.74, 6) is 0.662. The second kappa shape index (κ2) is 6.35. The van der Waals surface area contributed by atoms with Gasteiger partial charge in [0.05, 0.1) is 11.8 Å². The molecule has 0 amide bonds. The molecule has 0 atom stereocenters. The Kier molecular flexibility index (Phi) is 4.73. The zero-order valence-corrected chi connectivity index (χ0v) is 13.7. The van der Waals surface area contributed by atoms with E-state index in [1.54, 1.807) is 0 Å². The van der Waals surface area contributed by atoms with Crippen molar-refractivity contribution < 1.29 is 13.9 Å². The van der Waals surface area contributed by atoms with Crippen LogP contribution in [0.3, 0.4) is 0 Å². The molecule has 0 radical (unpaired) electrons. The standard InChI is InChI=1S/C16H17BrFNO2/c1-9(2)20-15-8-16(13(19)7-12(15)18)21-14-5-4-11(17)6-10(14)3/h4-9H,19H2,1-3H3. The van der Waals surface area contributed by atoms with Gasteiger partial charge in [0.15, 0.2) is 17.3 Å². The van der Waals surface area contributed by atoms with E-state index < -0.39 is 5.82 Å². The van der Waals surface area contributed by atoms with Gasteiger partial charge in [-0.2, -0.15) is 0 Å². The Hall–Kier alpha value is -1.75. The molecule has 3 nitrogen and oxygen atoms in total. The van der Waals surface area contributed by atoms with Crippen LogP contribution in [0.15, 0.2) is 34.8 Å². The Balaban J connectivity index is 2.34. The number of aryl methyl sites for hydroxylation is 1. The molecule has 2 N–H and O–H groups in total. The summed E-state index contributed by atoms with van der Waals surface area (Å²) in [4.78, 5) is 0. The van der Waals surface area contributed by atoms with Crippen LogP contribution in [-0.2, 0) is 0 Å². The molecule has 112 valence electrons. The first kappa shape index (κ1) is 15.6. The molecule has 0 unspecified atom stereocenters. The SMILES string of the molecule is Cc1cc(Br)ccc1Oc1cc(OC(C)C)c(F)cc1N. The molecular formula is C16H17BrFNO2. The molecule has 0 aliphatic rings. The monoisotopic (exact) mass is 353 g/mol. The molecule has 2 rings (SSSR count). The van der Waals surface area contributed by atoms with Gasteiger partial charge in [-0.1, -0.05) is 15.9 Å². The number of hydrogen-bond acceptors (Lipinski definition) is 3. The highest BCUT2D eigenvalue weighted by atomic mass is 79.9. The maximum atomic E-state index is 13.8. The van der Waals surface area contributed by atoms with E-state index in [1.165, 1.54) is 12.1 Å². The van der Waals surface area contributed by atoms with Gasteiger partial charge < -0.3 is 15.2 Å². The Labute approximate surface area is 132 Å². The van der Waals surface area contributed by atoms with Crippen molar-refractivity contribution in [2.45, 2.75) is 26.9 Å². The van der Waals surface area contributed by atoms with E-state index in [0.29, 0.717) is 11.5 Å². The number of rotatable bonds is 4. The Bertz CT molecular complexity index is 659. The fraction of sp³-hybridized carbons (Fsp3) is 0.250. The van der Waals surface area contributed by atoms with Gasteiger partial charge in [-0.3, -0.25) is 0 Å². The topological polar surface area (TPSA) is 44.5 Å². The van der Waals surface area contributed by atoms with E-state index in [0.717, 1.165) is 10.0 Å². The molecule has 0 aromatic heterocycles. The average Bonchev–Trinajstić information content (AvgIpc) is 2.37. The largest absolute Gasteiger partial charge is 0.488 e. The van der Waals surface area contributed by atoms with Crippen molar-refractivity contribution in [3.63, 3.8) is 0 Å². The molecule has 0 saturated carbocycles. The fourth-order valence-corrected chi connectivity index (χ4v) is 2.30. The van der Waals surface area contributed by atoms with Crippen LogP contribution in [0.5, 0.6) is 17.2 Å². The summed E-state index contributed by atoms with van der Waals surface area (Å²) in [5.41, 5.74) is 6.99. The predicted molar refractivity (Wildman–Crippen MR) is 85.5 cm³/mol. The van der Waals surface area contributed by atoms with Crippen molar-refractivity contribution in [3.8, 4) is 17.2 Å². The number of benzene rings is 2. The Morgan fingerprint density at radius 3 is 2.43 bits per heavy atom. The van der Waals surface area contributed by atoms with E-state index in [-0.39, 0.29) is 17.5 Å². The van der Waals surface area contributed by atoms with Gasteiger partial charge in [0.25, 0.3) is 0 Å². The molecule has 0 aliphatic carbocycles. The smallest absolute Gasteiger partial charge is 0.167 e. The van der Waals surface area contributed by atoms with Crippen LogP contribution in [0, 0.1) is 12.7 Å². The summed E-state index contributed by atoms with van der Waals surface area (Å²) >= 11 is 3.39. The van der Waals surface area contributed by atoms with Gasteiger partial charge in [0.1, 0.15) is 5.75 Å². The zero-order chi connectivity index (χ0) is 15.6. The first-order valence-corrected chi connectivity index (χ1v) is 7.36. The predicted octanol–water partition coefficient (Wildman–Crippen LogP) is 5.06. The summed E-state index contributed by atoms with van der Waals surface area (Å²) in [6.07, 6.45) is -0.134. The van der Waals surface area contributed by atoms with Crippen LogP contribution >= 0.6 is 15.9 Å². The first-order valence-electron chi connectivity index (χ1n) is 6.56. The molecule has 0 aliphatic heterocycles. The zero-order valence-electron chi connectivity index (χ0n) is 12.1. The van der Waals surface area contributed by atoms with Crippen molar-refractivity contribution in [1.29, 1.82) is 0 Å². The van der Waals surface area contributed by atoms with Gasteiger partial charge in [-0.25, -0.2) is 4.39 Å². The molecule has 0 heterocycles. The van der Waals surface area contributed by atoms with Gasteiger partial charge in [0, 0.05) is 16.6 Å². The second-order valence-electron chi connectivity index (χ2n) is 5.00. The average molecular weight is 354 g/mol. The molecular weight excluding hydrogens is 337 g/mol. The molecule has 21 heavy (non-hydrogen) atoms. The quantitative estimate of drug-likeness (QED) is 0.781. The molecule has 2 aromatic rings. The molecule has 0 saturated heterocycles. The maximum Gasteiger partial charge on any atom is 0.167 e. The molecule has 0 fully saturated rings. The summed E-state index contributed by atoms with van der Waals surface area (Å²) in [5, 5.41) is 0. The number of halogens is 2. The molecule has 5 heteroatoms. The number of nitrogen functional groups attached to an aromatic ring is 1. The Morgan fingerprint density at radius 1 is 1.10 bits per heavy atom. The summed E-state index contributed by atoms with van der Waals surface area (Å²) in [6.45, 7) is 5.58. The van der Waals surface area contributed by atoms with Crippen molar-refractivity contribution in [2.75, 3.05) is 5.73 Å². The van der Waals surface area contributed by atoms with Gasteiger partial charge >= 0.3 is 0 Å². The summed E-state index contributed by atoms with van der Waals surface area (Å²) < 4.78 is 25.9. The van der Waals surface area contributed by atoms with Crippen molar-refractivity contribution in [3.05, 3.63) is 46.2 Å². The van der Waals surface area contributed by atoms with Crippen LogP contribution in [0.2, 0.25) is 0 Å². The van der Waals surface area contributed by atoms with E-state index in [9.17, 15) is 4.39 Å². The lowest BCUT2D eigenvalue weighted by atomic mass is 10.2. The lowest BCUT2D eigenvalue weighted by Crippen LogP contribution is -2.07. The Morgan fingerprint density at radius 2 is 1.81 bits per heavy atom. The number of anilines is 1. The van der Waals surface area contributed by atoms with E-state index in [2.05, 4.69) is 15.9 Å². The maximum absolute atomic E-state index is 13.8. The second-order valence-corrected chi connectivity index (χ2v) is 5.91. The van der Waals surface area contributed by atoms with Crippen LogP contribution in [0.4, 0.5) is 10.1 Å². The number of ether oxygens (including phenoxy) is 2. The lowest BCUT2D eigenvalue weighted by Gasteiger charge is -2.15. The first-order chi connectivity index (χ1) is 9.86. The van der Waals surface area contributed by atoms with Gasteiger partial charge in [-0.15, -0.1) is 0 Å². The summed E-state index contributed by atoms with van der Waals surface area (Å²) in [7, 11) is 0. The number of nitrogens with two attached hydrogens (primary N) is 1. The van der Waals surface area contributed by atoms with Gasteiger partial charge in [0.2, 0.25) is 0 Å².